The largest absolute Gasteiger partial charge is 0.501 e. The smallest absolute Gasteiger partial charge is 0.389 e. The van der Waals surface area contributed by atoms with Gasteiger partial charge in [0, 0.05) is 6.20 Å². The van der Waals surface area contributed by atoms with Crippen molar-refractivity contribution in [2.24, 2.45) is 0 Å². The molecule has 1 heterocycles. The summed E-state index contributed by atoms with van der Waals surface area (Å²) in [5.41, 5.74) is -0.997. The number of carbonyl (C=O) groups is 1. The van der Waals surface area contributed by atoms with Crippen molar-refractivity contribution >= 4 is 16.0 Å². The molecule has 0 aliphatic carbocycles. The van der Waals surface area contributed by atoms with Crippen LogP contribution < -0.4 is 0 Å². The second-order valence-electron chi connectivity index (χ2n) is 4.41. The van der Waals surface area contributed by atoms with E-state index >= 15 is 0 Å². The van der Waals surface area contributed by atoms with E-state index in [4.69, 9.17) is 0 Å². The quantitative estimate of drug-likeness (QED) is 0.614. The summed E-state index contributed by atoms with van der Waals surface area (Å²) < 4.78 is 89.9. The molecule has 0 fully saturated rings. The molecule has 130 valence electrons. The van der Waals surface area contributed by atoms with E-state index in [9.17, 15) is 35.2 Å². The van der Waals surface area contributed by atoms with Gasteiger partial charge in [-0.15, -0.1) is 0 Å². The van der Waals surface area contributed by atoms with E-state index in [0.717, 1.165) is 30.5 Å². The molecule has 0 aliphatic heterocycles. The Balaban J connectivity index is 2.40. The zero-order chi connectivity index (χ0) is 18.2. The van der Waals surface area contributed by atoms with Gasteiger partial charge in [-0.25, -0.2) is 17.2 Å². The van der Waals surface area contributed by atoms with Gasteiger partial charge in [-0.1, -0.05) is 18.2 Å². The van der Waals surface area contributed by atoms with Crippen LogP contribution in [0.15, 0.2) is 53.6 Å². The number of halogens is 5. The van der Waals surface area contributed by atoms with Gasteiger partial charge in [-0.2, -0.15) is 22.0 Å². The molecule has 0 N–H and O–H groups in total. The van der Waals surface area contributed by atoms with Crippen LogP contribution in [0, 0.1) is 0 Å². The maximum absolute atomic E-state index is 12.8. The number of rotatable bonds is 4. The molecule has 0 saturated heterocycles. The Morgan fingerprint density at radius 3 is 2.08 bits per heavy atom. The SMILES string of the molecule is O=C(OC(F)(F)C(F)(F)F)c1cccn1S(=O)(=O)c1ccccc1. The normalized spacial score (nSPS) is 12.9. The Kier molecular flexibility index (Phi) is 4.40. The number of ether oxygens (including phenoxy) is 1. The lowest BCUT2D eigenvalue weighted by atomic mass is 10.4. The van der Waals surface area contributed by atoms with Crippen molar-refractivity contribution in [2.75, 3.05) is 0 Å². The minimum absolute atomic E-state index is 0.261. The lowest BCUT2D eigenvalue weighted by molar-refractivity contribution is -0.370. The highest BCUT2D eigenvalue weighted by Crippen LogP contribution is 2.37. The van der Waals surface area contributed by atoms with Crippen molar-refractivity contribution in [2.45, 2.75) is 17.2 Å². The molecule has 0 aliphatic rings. The average molecular weight is 369 g/mol. The van der Waals surface area contributed by atoms with E-state index in [1.807, 2.05) is 0 Å². The van der Waals surface area contributed by atoms with Crippen LogP contribution in [0.1, 0.15) is 10.5 Å². The minimum Gasteiger partial charge on any atom is -0.389 e. The Hall–Kier alpha value is -2.43. The van der Waals surface area contributed by atoms with E-state index in [-0.39, 0.29) is 8.87 Å². The highest BCUT2D eigenvalue weighted by molar-refractivity contribution is 7.90. The Labute approximate surface area is 132 Å². The first-order valence-electron chi connectivity index (χ1n) is 6.13. The second kappa shape index (κ2) is 5.89. The monoisotopic (exact) mass is 369 g/mol. The molecule has 0 saturated carbocycles. The molecule has 11 heteroatoms. The van der Waals surface area contributed by atoms with E-state index in [1.165, 1.54) is 18.2 Å². The van der Waals surface area contributed by atoms with Gasteiger partial charge in [0.25, 0.3) is 10.0 Å². The fraction of sp³-hybridized carbons (Fsp3) is 0.154. The zero-order valence-corrected chi connectivity index (χ0v) is 12.3. The first kappa shape index (κ1) is 17.9. The van der Waals surface area contributed by atoms with Gasteiger partial charge in [0.05, 0.1) is 4.90 Å². The van der Waals surface area contributed by atoms with Crippen LogP contribution in [0.2, 0.25) is 0 Å². The molecule has 0 spiro atoms. The maximum Gasteiger partial charge on any atom is 0.501 e. The van der Waals surface area contributed by atoms with Gasteiger partial charge in [0.15, 0.2) is 0 Å². The van der Waals surface area contributed by atoms with E-state index in [2.05, 4.69) is 4.74 Å². The molecule has 24 heavy (non-hydrogen) atoms. The number of carbonyl (C=O) groups excluding carboxylic acids is 1. The number of hydrogen-bond acceptors (Lipinski definition) is 4. The molecule has 0 amide bonds. The predicted molar refractivity (Wildman–Crippen MR) is 69.9 cm³/mol. The third kappa shape index (κ3) is 3.25. The molecule has 2 rings (SSSR count). The predicted octanol–water partition coefficient (Wildman–Crippen LogP) is 3.04. The van der Waals surface area contributed by atoms with Gasteiger partial charge in [-0.05, 0) is 24.3 Å². The van der Waals surface area contributed by atoms with Gasteiger partial charge in [0.2, 0.25) is 0 Å². The molecule has 1 aromatic heterocycles. The third-order valence-electron chi connectivity index (χ3n) is 2.77. The fourth-order valence-electron chi connectivity index (χ4n) is 1.67. The van der Waals surface area contributed by atoms with Crippen molar-refractivity contribution in [1.82, 2.24) is 3.97 Å². The molecule has 5 nitrogen and oxygen atoms in total. The summed E-state index contributed by atoms with van der Waals surface area (Å²) in [4.78, 5) is 11.3. The standard InChI is InChI=1S/C13H8F5NO4S/c14-12(15,16)13(17,18)23-11(20)10-7-4-8-19(10)24(21,22)9-5-2-1-3-6-9/h1-8H. The Morgan fingerprint density at radius 2 is 1.54 bits per heavy atom. The molecule has 0 bridgehead atoms. The number of alkyl halides is 5. The topological polar surface area (TPSA) is 65.4 Å². The van der Waals surface area contributed by atoms with Gasteiger partial charge in [0.1, 0.15) is 5.69 Å². The van der Waals surface area contributed by atoms with Gasteiger partial charge >= 0.3 is 18.3 Å². The summed E-state index contributed by atoms with van der Waals surface area (Å²) in [5, 5.41) is 0. The minimum atomic E-state index is -6.13. The zero-order valence-electron chi connectivity index (χ0n) is 11.5. The number of aromatic nitrogens is 1. The number of hydrogen-bond donors (Lipinski definition) is 0. The second-order valence-corrected chi connectivity index (χ2v) is 6.23. The molecule has 1 aromatic carbocycles. The average Bonchev–Trinajstić information content (AvgIpc) is 2.97. The van der Waals surface area contributed by atoms with Crippen LogP contribution in [-0.4, -0.2) is 30.6 Å². The third-order valence-corrected chi connectivity index (χ3v) is 4.48. The molecular weight excluding hydrogens is 361 g/mol. The summed E-state index contributed by atoms with van der Waals surface area (Å²) in [6, 6.07) is 8.30. The summed E-state index contributed by atoms with van der Waals surface area (Å²) >= 11 is 0. The van der Waals surface area contributed by atoms with E-state index in [0.29, 0.717) is 0 Å². The van der Waals surface area contributed by atoms with Crippen LogP contribution in [0.25, 0.3) is 0 Å². The van der Waals surface area contributed by atoms with Crippen LogP contribution >= 0.6 is 0 Å². The molecule has 0 unspecified atom stereocenters. The lowest BCUT2D eigenvalue weighted by Gasteiger charge is -2.19. The number of esters is 1. The van der Waals surface area contributed by atoms with Gasteiger partial charge < -0.3 is 4.74 Å². The van der Waals surface area contributed by atoms with Crippen molar-refractivity contribution in [3.8, 4) is 0 Å². The summed E-state index contributed by atoms with van der Waals surface area (Å²) in [7, 11) is -4.37. The summed E-state index contributed by atoms with van der Waals surface area (Å²) in [6.07, 6.45) is -11.1. The summed E-state index contributed by atoms with van der Waals surface area (Å²) in [5.74, 6) is -2.14. The Bertz CT molecular complexity index is 843. The molecule has 0 atom stereocenters. The highest BCUT2D eigenvalue weighted by atomic mass is 32.2. The summed E-state index contributed by atoms with van der Waals surface area (Å²) in [6.45, 7) is 0. The van der Waals surface area contributed by atoms with Crippen LogP contribution in [0.5, 0.6) is 0 Å². The first-order chi connectivity index (χ1) is 11.0. The van der Waals surface area contributed by atoms with Crippen LogP contribution in [0.3, 0.4) is 0 Å². The van der Waals surface area contributed by atoms with E-state index in [1.54, 1.807) is 0 Å². The van der Waals surface area contributed by atoms with Crippen LogP contribution in [0.4, 0.5) is 22.0 Å². The Morgan fingerprint density at radius 1 is 0.958 bits per heavy atom. The first-order valence-corrected chi connectivity index (χ1v) is 7.57. The van der Waals surface area contributed by atoms with Crippen molar-refractivity contribution in [1.29, 1.82) is 0 Å². The van der Waals surface area contributed by atoms with Crippen LogP contribution in [-0.2, 0) is 14.8 Å². The van der Waals surface area contributed by atoms with Crippen molar-refractivity contribution in [3.63, 3.8) is 0 Å². The number of nitrogens with zero attached hydrogens (tertiary/aromatic N) is 1. The lowest BCUT2D eigenvalue weighted by Crippen LogP contribution is -2.41. The number of benzene rings is 1. The molecule has 0 radical (unpaired) electrons. The highest BCUT2D eigenvalue weighted by Gasteiger charge is 2.62. The van der Waals surface area contributed by atoms with Crippen molar-refractivity contribution in [3.05, 3.63) is 54.4 Å². The van der Waals surface area contributed by atoms with Crippen molar-refractivity contribution < 1.29 is 39.9 Å². The van der Waals surface area contributed by atoms with Gasteiger partial charge in [-0.3, -0.25) is 0 Å². The maximum atomic E-state index is 12.8. The molecule has 2 aromatic rings. The fourth-order valence-corrected chi connectivity index (χ4v) is 3.02. The molecular formula is C13H8F5NO4S. The van der Waals surface area contributed by atoms with E-state index < -0.39 is 34.0 Å².